The highest BCUT2D eigenvalue weighted by Crippen LogP contribution is 2.45. The van der Waals surface area contributed by atoms with E-state index in [0.29, 0.717) is 6.04 Å². The van der Waals surface area contributed by atoms with Gasteiger partial charge in [0.1, 0.15) is 11.5 Å². The van der Waals surface area contributed by atoms with Crippen LogP contribution in [0, 0.1) is 0 Å². The quantitative estimate of drug-likeness (QED) is 0.651. The van der Waals surface area contributed by atoms with Gasteiger partial charge in [0.25, 0.3) is 0 Å². The smallest absolute Gasteiger partial charge is 0.234 e. The standard InChI is InChI=1S/C26H24N2O2/c29-26(25-21-9-3-5-11-23(21)30-24-12-6-4-10-22(24)25)28-16-20(17-28)27-14-13-18-7-1-2-8-19(18)15-27/h1-12,20,25H,13-17H2. The van der Waals surface area contributed by atoms with Crippen molar-refractivity contribution in [2.75, 3.05) is 19.6 Å². The molecule has 0 unspecified atom stereocenters. The molecule has 3 aliphatic rings. The van der Waals surface area contributed by atoms with Crippen LogP contribution in [0.15, 0.2) is 72.8 Å². The largest absolute Gasteiger partial charge is 0.457 e. The average Bonchev–Trinajstić information content (AvgIpc) is 2.76. The van der Waals surface area contributed by atoms with E-state index in [2.05, 4.69) is 29.2 Å². The molecule has 4 heteroatoms. The van der Waals surface area contributed by atoms with Gasteiger partial charge in [-0.1, -0.05) is 60.7 Å². The maximum atomic E-state index is 13.6. The molecule has 1 saturated heterocycles. The fourth-order valence-electron chi connectivity index (χ4n) is 5.05. The Hall–Kier alpha value is -3.11. The Morgan fingerprint density at radius 3 is 2.10 bits per heavy atom. The predicted molar refractivity (Wildman–Crippen MR) is 116 cm³/mol. The maximum absolute atomic E-state index is 13.6. The number of carbonyl (C=O) groups excluding carboxylic acids is 1. The van der Waals surface area contributed by atoms with Crippen LogP contribution in [-0.2, 0) is 17.8 Å². The van der Waals surface area contributed by atoms with Crippen molar-refractivity contribution < 1.29 is 9.53 Å². The summed E-state index contributed by atoms with van der Waals surface area (Å²) in [6, 6.07) is 25.0. The van der Waals surface area contributed by atoms with Gasteiger partial charge in [-0.15, -0.1) is 0 Å². The molecule has 6 rings (SSSR count). The number of para-hydroxylation sites is 2. The lowest BCUT2D eigenvalue weighted by atomic mass is 9.85. The molecule has 0 atom stereocenters. The number of likely N-dealkylation sites (tertiary alicyclic amines) is 1. The van der Waals surface area contributed by atoms with E-state index in [1.54, 1.807) is 0 Å². The summed E-state index contributed by atoms with van der Waals surface area (Å²) in [5, 5.41) is 0. The van der Waals surface area contributed by atoms with Crippen LogP contribution < -0.4 is 4.74 Å². The zero-order valence-electron chi connectivity index (χ0n) is 16.8. The SMILES string of the molecule is O=C(C1c2ccccc2Oc2ccccc21)N1CC(N2CCc3ccccc3C2)C1. The molecule has 1 fully saturated rings. The number of carbonyl (C=O) groups is 1. The van der Waals surface area contributed by atoms with Crippen LogP contribution >= 0.6 is 0 Å². The molecular weight excluding hydrogens is 372 g/mol. The molecule has 4 nitrogen and oxygen atoms in total. The van der Waals surface area contributed by atoms with Crippen LogP contribution in [0.3, 0.4) is 0 Å². The summed E-state index contributed by atoms with van der Waals surface area (Å²) in [5.74, 6) is 1.49. The minimum absolute atomic E-state index is 0.187. The topological polar surface area (TPSA) is 32.8 Å². The third kappa shape index (κ3) is 2.83. The van der Waals surface area contributed by atoms with Gasteiger partial charge in [0.05, 0.1) is 5.92 Å². The van der Waals surface area contributed by atoms with Crippen LogP contribution in [0.5, 0.6) is 11.5 Å². The molecule has 3 aliphatic heterocycles. The minimum atomic E-state index is -0.283. The summed E-state index contributed by atoms with van der Waals surface area (Å²) >= 11 is 0. The molecule has 0 bridgehead atoms. The first kappa shape index (κ1) is 17.7. The second kappa shape index (κ2) is 6.99. The molecule has 0 saturated carbocycles. The fourth-order valence-corrected chi connectivity index (χ4v) is 5.05. The van der Waals surface area contributed by atoms with Gasteiger partial charge in [0.2, 0.25) is 5.91 Å². The van der Waals surface area contributed by atoms with E-state index >= 15 is 0 Å². The molecule has 0 aliphatic carbocycles. The van der Waals surface area contributed by atoms with Gasteiger partial charge in [-0.2, -0.15) is 0 Å². The van der Waals surface area contributed by atoms with Crippen LogP contribution in [0.4, 0.5) is 0 Å². The van der Waals surface area contributed by atoms with Gasteiger partial charge in [-0.05, 0) is 29.7 Å². The molecule has 3 aromatic rings. The van der Waals surface area contributed by atoms with Crippen molar-refractivity contribution in [2.45, 2.75) is 24.9 Å². The Balaban J connectivity index is 1.21. The van der Waals surface area contributed by atoms with Gasteiger partial charge in [0.15, 0.2) is 0 Å². The van der Waals surface area contributed by atoms with Crippen molar-refractivity contribution in [1.82, 2.24) is 9.80 Å². The predicted octanol–water partition coefficient (Wildman–Crippen LogP) is 4.19. The Kier molecular flexibility index (Phi) is 4.13. The molecule has 150 valence electrons. The van der Waals surface area contributed by atoms with E-state index in [4.69, 9.17) is 4.74 Å². The second-order valence-electron chi connectivity index (χ2n) is 8.50. The van der Waals surface area contributed by atoms with Crippen molar-refractivity contribution in [3.05, 3.63) is 95.1 Å². The number of hydrogen-bond donors (Lipinski definition) is 0. The minimum Gasteiger partial charge on any atom is -0.457 e. The first-order chi connectivity index (χ1) is 14.8. The van der Waals surface area contributed by atoms with Gasteiger partial charge >= 0.3 is 0 Å². The lowest BCUT2D eigenvalue weighted by Gasteiger charge is -2.48. The number of amides is 1. The Morgan fingerprint density at radius 1 is 0.800 bits per heavy atom. The van der Waals surface area contributed by atoms with E-state index < -0.39 is 0 Å². The summed E-state index contributed by atoms with van der Waals surface area (Å²) < 4.78 is 6.06. The zero-order valence-corrected chi connectivity index (χ0v) is 16.8. The number of hydrogen-bond acceptors (Lipinski definition) is 3. The maximum Gasteiger partial charge on any atom is 0.234 e. The van der Waals surface area contributed by atoms with Crippen molar-refractivity contribution in [1.29, 1.82) is 0 Å². The Labute approximate surface area is 176 Å². The molecule has 1 amide bonds. The number of rotatable bonds is 2. The second-order valence-corrected chi connectivity index (χ2v) is 8.50. The van der Waals surface area contributed by atoms with Crippen LogP contribution in [0.2, 0.25) is 0 Å². The summed E-state index contributed by atoms with van der Waals surface area (Å²) in [5.41, 5.74) is 4.84. The van der Waals surface area contributed by atoms with Crippen molar-refractivity contribution >= 4 is 5.91 Å². The Bertz CT molecular complexity index is 1070. The molecular formula is C26H24N2O2. The molecule has 0 N–H and O–H groups in total. The number of ether oxygens (including phenoxy) is 1. The molecule has 3 heterocycles. The van der Waals surface area contributed by atoms with Gasteiger partial charge in [0, 0.05) is 43.3 Å². The average molecular weight is 396 g/mol. The molecule has 0 spiro atoms. The summed E-state index contributed by atoms with van der Waals surface area (Å²) in [4.78, 5) is 18.1. The van der Waals surface area contributed by atoms with Crippen molar-refractivity contribution in [3.63, 3.8) is 0 Å². The van der Waals surface area contributed by atoms with E-state index in [-0.39, 0.29) is 11.8 Å². The number of benzene rings is 3. The van der Waals surface area contributed by atoms with Gasteiger partial charge in [-0.25, -0.2) is 0 Å². The van der Waals surface area contributed by atoms with E-state index in [9.17, 15) is 4.79 Å². The van der Waals surface area contributed by atoms with Gasteiger partial charge in [-0.3, -0.25) is 9.69 Å². The fraction of sp³-hybridized carbons (Fsp3) is 0.269. The lowest BCUT2D eigenvalue weighted by molar-refractivity contribution is -0.139. The van der Waals surface area contributed by atoms with E-state index in [1.807, 2.05) is 53.4 Å². The number of fused-ring (bicyclic) bond motifs is 3. The highest BCUT2D eigenvalue weighted by molar-refractivity contribution is 5.90. The van der Waals surface area contributed by atoms with Crippen LogP contribution in [0.25, 0.3) is 0 Å². The zero-order chi connectivity index (χ0) is 20.1. The monoisotopic (exact) mass is 396 g/mol. The molecule has 30 heavy (non-hydrogen) atoms. The first-order valence-electron chi connectivity index (χ1n) is 10.7. The Morgan fingerprint density at radius 2 is 1.40 bits per heavy atom. The normalized spacial score (nSPS) is 18.6. The summed E-state index contributed by atoms with van der Waals surface area (Å²) in [6.45, 7) is 3.68. The summed E-state index contributed by atoms with van der Waals surface area (Å²) in [6.07, 6.45) is 1.10. The van der Waals surface area contributed by atoms with E-state index in [1.165, 1.54) is 11.1 Å². The van der Waals surface area contributed by atoms with Crippen molar-refractivity contribution in [2.24, 2.45) is 0 Å². The summed E-state index contributed by atoms with van der Waals surface area (Å²) in [7, 11) is 0. The van der Waals surface area contributed by atoms with Crippen LogP contribution in [-0.4, -0.2) is 41.4 Å². The molecule has 0 radical (unpaired) electrons. The third-order valence-corrected chi connectivity index (χ3v) is 6.78. The lowest BCUT2D eigenvalue weighted by Crippen LogP contribution is -2.62. The van der Waals surface area contributed by atoms with Crippen molar-refractivity contribution in [3.8, 4) is 11.5 Å². The molecule has 3 aromatic carbocycles. The highest BCUT2D eigenvalue weighted by Gasteiger charge is 2.41. The van der Waals surface area contributed by atoms with Crippen LogP contribution in [0.1, 0.15) is 28.2 Å². The van der Waals surface area contributed by atoms with Gasteiger partial charge < -0.3 is 9.64 Å². The third-order valence-electron chi connectivity index (χ3n) is 6.78. The number of nitrogens with zero attached hydrogens (tertiary/aromatic N) is 2. The first-order valence-corrected chi connectivity index (χ1v) is 10.7. The highest BCUT2D eigenvalue weighted by atomic mass is 16.5. The van der Waals surface area contributed by atoms with E-state index in [0.717, 1.165) is 55.2 Å². The molecule has 0 aromatic heterocycles.